The van der Waals surface area contributed by atoms with Crippen molar-refractivity contribution in [3.05, 3.63) is 28.2 Å². The average Bonchev–Trinajstić information content (AvgIpc) is 2.23. The number of hydrogen-bond acceptors (Lipinski definition) is 2. The zero-order chi connectivity index (χ0) is 12.6. The van der Waals surface area contributed by atoms with Gasteiger partial charge in [0.2, 0.25) is 5.91 Å². The predicted octanol–water partition coefficient (Wildman–Crippen LogP) is 2.78. The fourth-order valence-corrected chi connectivity index (χ4v) is 2.19. The van der Waals surface area contributed by atoms with Crippen molar-refractivity contribution in [1.29, 1.82) is 0 Å². The Labute approximate surface area is 109 Å². The summed E-state index contributed by atoms with van der Waals surface area (Å²) in [5, 5.41) is 0.780. The third-order valence-electron chi connectivity index (χ3n) is 2.53. The van der Waals surface area contributed by atoms with Crippen LogP contribution in [0.1, 0.15) is 6.42 Å². The van der Waals surface area contributed by atoms with E-state index in [4.69, 9.17) is 23.2 Å². The van der Waals surface area contributed by atoms with E-state index in [0.717, 1.165) is 4.90 Å². The molecule has 0 atom stereocenters. The number of benzene rings is 1. The van der Waals surface area contributed by atoms with Crippen molar-refractivity contribution in [2.75, 3.05) is 18.5 Å². The fourth-order valence-electron chi connectivity index (χ4n) is 1.67. The summed E-state index contributed by atoms with van der Waals surface area (Å²) in [4.78, 5) is 26.2. The highest BCUT2D eigenvalue weighted by Crippen LogP contribution is 2.27. The van der Waals surface area contributed by atoms with Crippen LogP contribution in [0.15, 0.2) is 18.2 Å². The maximum absolute atomic E-state index is 11.9. The molecule has 4 nitrogen and oxygen atoms in total. The SMILES string of the molecule is CN1CCC(=O)N(c2cc(Cl)cc(Cl)c2)C1=O. The summed E-state index contributed by atoms with van der Waals surface area (Å²) >= 11 is 11.7. The average molecular weight is 273 g/mol. The lowest BCUT2D eigenvalue weighted by atomic mass is 10.2. The van der Waals surface area contributed by atoms with E-state index >= 15 is 0 Å². The van der Waals surface area contributed by atoms with Gasteiger partial charge in [-0.25, -0.2) is 9.69 Å². The molecular weight excluding hydrogens is 263 g/mol. The molecule has 0 aromatic heterocycles. The van der Waals surface area contributed by atoms with Crippen molar-refractivity contribution in [2.24, 2.45) is 0 Å². The van der Waals surface area contributed by atoms with Crippen LogP contribution in [0.3, 0.4) is 0 Å². The molecule has 17 heavy (non-hydrogen) atoms. The van der Waals surface area contributed by atoms with Crippen molar-refractivity contribution >= 4 is 40.8 Å². The first-order valence-electron chi connectivity index (χ1n) is 5.03. The molecule has 0 bridgehead atoms. The van der Waals surface area contributed by atoms with Gasteiger partial charge in [-0.05, 0) is 18.2 Å². The molecule has 0 N–H and O–H groups in total. The summed E-state index contributed by atoms with van der Waals surface area (Å²) in [7, 11) is 1.65. The van der Waals surface area contributed by atoms with Crippen LogP contribution in [0.2, 0.25) is 10.0 Å². The third-order valence-corrected chi connectivity index (χ3v) is 2.97. The molecule has 1 aliphatic heterocycles. The largest absolute Gasteiger partial charge is 0.331 e. The molecular formula is C11H10Cl2N2O2. The predicted molar refractivity (Wildman–Crippen MR) is 66.6 cm³/mol. The Morgan fingerprint density at radius 1 is 1.12 bits per heavy atom. The van der Waals surface area contributed by atoms with Crippen LogP contribution >= 0.6 is 23.2 Å². The molecule has 1 aromatic carbocycles. The normalized spacial score (nSPS) is 16.6. The van der Waals surface area contributed by atoms with Crippen LogP contribution in [0.25, 0.3) is 0 Å². The van der Waals surface area contributed by atoms with Crippen LogP contribution < -0.4 is 4.90 Å². The van der Waals surface area contributed by atoms with E-state index in [-0.39, 0.29) is 11.9 Å². The Morgan fingerprint density at radius 2 is 1.71 bits per heavy atom. The van der Waals surface area contributed by atoms with Crippen LogP contribution in [0.5, 0.6) is 0 Å². The number of amides is 3. The van der Waals surface area contributed by atoms with Crippen LogP contribution in [-0.4, -0.2) is 30.4 Å². The van der Waals surface area contributed by atoms with Gasteiger partial charge in [0, 0.05) is 30.1 Å². The van der Waals surface area contributed by atoms with Gasteiger partial charge in [0.05, 0.1) is 5.69 Å². The molecule has 0 saturated carbocycles. The molecule has 1 aliphatic rings. The van der Waals surface area contributed by atoms with E-state index in [1.807, 2.05) is 0 Å². The lowest BCUT2D eigenvalue weighted by molar-refractivity contribution is -0.119. The van der Waals surface area contributed by atoms with Crippen LogP contribution in [0, 0.1) is 0 Å². The van der Waals surface area contributed by atoms with Gasteiger partial charge in [-0.1, -0.05) is 23.2 Å². The van der Waals surface area contributed by atoms with Gasteiger partial charge >= 0.3 is 6.03 Å². The highest BCUT2D eigenvalue weighted by Gasteiger charge is 2.31. The fraction of sp³-hybridized carbons (Fsp3) is 0.273. The quantitative estimate of drug-likeness (QED) is 0.789. The van der Waals surface area contributed by atoms with Gasteiger partial charge < -0.3 is 4.90 Å². The van der Waals surface area contributed by atoms with Gasteiger partial charge in [0.1, 0.15) is 0 Å². The molecule has 1 saturated heterocycles. The Kier molecular flexibility index (Phi) is 3.26. The second-order valence-electron chi connectivity index (χ2n) is 3.81. The summed E-state index contributed by atoms with van der Waals surface area (Å²) in [6.07, 6.45) is 0.298. The number of urea groups is 1. The van der Waals surface area contributed by atoms with E-state index in [1.54, 1.807) is 25.2 Å². The Hall–Kier alpha value is -1.26. The second-order valence-corrected chi connectivity index (χ2v) is 4.68. The number of imide groups is 1. The van der Waals surface area contributed by atoms with Gasteiger partial charge in [0.15, 0.2) is 0 Å². The topological polar surface area (TPSA) is 40.6 Å². The standard InChI is InChI=1S/C11H10Cl2N2O2/c1-14-3-2-10(16)15(11(14)17)9-5-7(12)4-8(13)6-9/h4-6H,2-3H2,1H3. The number of rotatable bonds is 1. The third kappa shape index (κ3) is 2.37. The molecule has 1 heterocycles. The second kappa shape index (κ2) is 4.55. The summed E-state index contributed by atoms with van der Waals surface area (Å²) in [6.45, 7) is 0.433. The number of anilines is 1. The van der Waals surface area contributed by atoms with E-state index in [9.17, 15) is 9.59 Å². The smallest absolute Gasteiger partial charge is 0.327 e. The molecule has 6 heteroatoms. The lowest BCUT2D eigenvalue weighted by Gasteiger charge is -2.31. The number of carbonyl (C=O) groups is 2. The first-order chi connectivity index (χ1) is 7.99. The number of nitrogens with zero attached hydrogens (tertiary/aromatic N) is 2. The van der Waals surface area contributed by atoms with Crippen molar-refractivity contribution in [2.45, 2.75) is 6.42 Å². The number of carbonyl (C=O) groups excluding carboxylic acids is 2. The Morgan fingerprint density at radius 3 is 2.29 bits per heavy atom. The molecule has 3 amide bonds. The van der Waals surface area contributed by atoms with E-state index in [0.29, 0.717) is 28.7 Å². The van der Waals surface area contributed by atoms with E-state index in [2.05, 4.69) is 0 Å². The van der Waals surface area contributed by atoms with Crippen molar-refractivity contribution < 1.29 is 9.59 Å². The maximum atomic E-state index is 11.9. The number of hydrogen-bond donors (Lipinski definition) is 0. The Bertz CT molecular complexity index is 470. The molecule has 0 spiro atoms. The summed E-state index contributed by atoms with van der Waals surface area (Å²) in [5.74, 6) is -0.244. The summed E-state index contributed by atoms with van der Waals surface area (Å²) in [5.41, 5.74) is 0.407. The monoisotopic (exact) mass is 272 g/mol. The zero-order valence-corrected chi connectivity index (χ0v) is 10.6. The molecule has 90 valence electrons. The van der Waals surface area contributed by atoms with Crippen molar-refractivity contribution in [3.63, 3.8) is 0 Å². The highest BCUT2D eigenvalue weighted by molar-refractivity contribution is 6.35. The molecule has 0 aliphatic carbocycles. The molecule has 2 rings (SSSR count). The van der Waals surface area contributed by atoms with Crippen molar-refractivity contribution in [1.82, 2.24) is 4.90 Å². The maximum Gasteiger partial charge on any atom is 0.331 e. The minimum atomic E-state index is -0.361. The van der Waals surface area contributed by atoms with E-state index in [1.165, 1.54) is 4.90 Å². The van der Waals surface area contributed by atoms with Crippen LogP contribution in [0.4, 0.5) is 10.5 Å². The molecule has 1 fully saturated rings. The summed E-state index contributed by atoms with van der Waals surface area (Å²) < 4.78 is 0. The molecule has 0 unspecified atom stereocenters. The first kappa shape index (κ1) is 12.2. The Balaban J connectivity index is 2.43. The van der Waals surface area contributed by atoms with Gasteiger partial charge in [-0.2, -0.15) is 0 Å². The minimum Gasteiger partial charge on any atom is -0.327 e. The molecule has 1 aromatic rings. The van der Waals surface area contributed by atoms with Crippen molar-refractivity contribution in [3.8, 4) is 0 Å². The van der Waals surface area contributed by atoms with Crippen LogP contribution in [-0.2, 0) is 4.79 Å². The van der Waals surface area contributed by atoms with E-state index < -0.39 is 0 Å². The number of halogens is 2. The lowest BCUT2D eigenvalue weighted by Crippen LogP contribution is -2.50. The first-order valence-corrected chi connectivity index (χ1v) is 5.79. The summed E-state index contributed by atoms with van der Waals surface area (Å²) in [6, 6.07) is 4.28. The molecule has 0 radical (unpaired) electrons. The van der Waals surface area contributed by atoms with Gasteiger partial charge in [-0.3, -0.25) is 4.79 Å². The zero-order valence-electron chi connectivity index (χ0n) is 9.11. The van der Waals surface area contributed by atoms with Gasteiger partial charge in [-0.15, -0.1) is 0 Å². The van der Waals surface area contributed by atoms with Gasteiger partial charge in [0.25, 0.3) is 0 Å². The minimum absolute atomic E-state index is 0.244. The highest BCUT2D eigenvalue weighted by atomic mass is 35.5.